The van der Waals surface area contributed by atoms with Gasteiger partial charge in [-0.1, -0.05) is 55.8 Å². The van der Waals surface area contributed by atoms with Gasteiger partial charge in [0.2, 0.25) is 11.8 Å². The van der Waals surface area contributed by atoms with Gasteiger partial charge in [0.1, 0.15) is 17.2 Å². The molecule has 7 nitrogen and oxygen atoms in total. The molecular formula is C30H24ClFN4O3. The number of amides is 2. The van der Waals surface area contributed by atoms with E-state index in [2.05, 4.69) is 19.2 Å². The van der Waals surface area contributed by atoms with Gasteiger partial charge in [-0.05, 0) is 48.7 Å². The zero-order chi connectivity index (χ0) is 27.2. The van der Waals surface area contributed by atoms with Crippen LogP contribution in [0.5, 0.6) is 0 Å². The Morgan fingerprint density at radius 2 is 1.77 bits per heavy atom. The van der Waals surface area contributed by atoms with E-state index in [1.54, 1.807) is 22.8 Å². The van der Waals surface area contributed by atoms with Gasteiger partial charge >= 0.3 is 0 Å². The highest BCUT2D eigenvalue weighted by Crippen LogP contribution is 2.56. The number of anilines is 1. The molecule has 0 aliphatic carbocycles. The molecule has 1 N–H and O–H groups in total. The van der Waals surface area contributed by atoms with Crippen LogP contribution < -0.4 is 15.8 Å². The number of fused-ring (bicyclic) bond motifs is 8. The number of nitrogens with zero attached hydrogens (tertiary/aromatic N) is 3. The predicted octanol–water partition coefficient (Wildman–Crippen LogP) is 4.56. The van der Waals surface area contributed by atoms with Gasteiger partial charge in [-0.3, -0.25) is 24.3 Å². The molecule has 39 heavy (non-hydrogen) atoms. The van der Waals surface area contributed by atoms with Crippen molar-refractivity contribution in [2.24, 2.45) is 17.8 Å². The molecule has 4 unspecified atom stereocenters. The van der Waals surface area contributed by atoms with E-state index in [-0.39, 0.29) is 34.1 Å². The Bertz CT molecular complexity index is 1790. The van der Waals surface area contributed by atoms with Crippen molar-refractivity contribution in [2.75, 3.05) is 4.90 Å². The van der Waals surface area contributed by atoms with Gasteiger partial charge in [0, 0.05) is 11.6 Å². The summed E-state index contributed by atoms with van der Waals surface area (Å²) >= 11 is 6.05. The molecule has 4 aromatic rings. The van der Waals surface area contributed by atoms with Crippen LogP contribution in [0.4, 0.5) is 10.1 Å². The van der Waals surface area contributed by atoms with Crippen LogP contribution in [0.3, 0.4) is 0 Å². The Labute approximate surface area is 228 Å². The van der Waals surface area contributed by atoms with Gasteiger partial charge in [-0.15, -0.1) is 0 Å². The van der Waals surface area contributed by atoms with Gasteiger partial charge in [-0.25, -0.2) is 14.3 Å². The average Bonchev–Trinajstić information content (AvgIpc) is 3.49. The number of carbonyl (C=O) groups is 2. The number of benzene rings is 3. The van der Waals surface area contributed by atoms with Crippen molar-refractivity contribution in [2.45, 2.75) is 31.8 Å². The molecule has 4 atom stereocenters. The first-order valence-electron chi connectivity index (χ1n) is 13.0. The molecule has 2 saturated heterocycles. The van der Waals surface area contributed by atoms with Crippen molar-refractivity contribution < 1.29 is 14.0 Å². The van der Waals surface area contributed by atoms with E-state index in [9.17, 15) is 18.8 Å². The number of aromatic nitrogens is 2. The quantitative estimate of drug-likeness (QED) is 0.384. The summed E-state index contributed by atoms with van der Waals surface area (Å²) in [4.78, 5) is 48.4. The lowest BCUT2D eigenvalue weighted by molar-refractivity contribution is -0.123. The number of halogens is 2. The lowest BCUT2D eigenvalue weighted by Gasteiger charge is -2.32. The highest BCUT2D eigenvalue weighted by atomic mass is 35.5. The van der Waals surface area contributed by atoms with E-state index in [4.69, 9.17) is 16.6 Å². The highest BCUT2D eigenvalue weighted by molar-refractivity contribution is 6.31. The first kappa shape index (κ1) is 24.2. The SMILES string of the molecule is CC(C)CC1NC2(c3ccccc3-n3c2nc2ccccc2c3=O)C2C(=O)N(c3ccc(F)c(Cl)c3)C(=O)C12. The minimum Gasteiger partial charge on any atom is -0.297 e. The topological polar surface area (TPSA) is 84.3 Å². The third-order valence-electron chi connectivity index (χ3n) is 8.25. The summed E-state index contributed by atoms with van der Waals surface area (Å²) in [7, 11) is 0. The lowest BCUT2D eigenvalue weighted by atomic mass is 9.75. The van der Waals surface area contributed by atoms with E-state index >= 15 is 0 Å². The van der Waals surface area contributed by atoms with Crippen LogP contribution >= 0.6 is 11.6 Å². The summed E-state index contributed by atoms with van der Waals surface area (Å²) in [5.41, 5.74) is 0.659. The number of imide groups is 1. The zero-order valence-corrected chi connectivity index (χ0v) is 21.9. The molecule has 2 amide bonds. The zero-order valence-electron chi connectivity index (χ0n) is 21.2. The smallest absolute Gasteiger partial charge is 0.266 e. The number of hydrogen-bond acceptors (Lipinski definition) is 5. The molecule has 0 bridgehead atoms. The second kappa shape index (κ2) is 8.31. The molecule has 1 spiro atoms. The number of para-hydroxylation sites is 2. The number of hydrogen-bond donors (Lipinski definition) is 1. The number of nitrogens with one attached hydrogen (secondary N) is 1. The van der Waals surface area contributed by atoms with Crippen molar-refractivity contribution in [3.05, 3.63) is 99.3 Å². The second-order valence-electron chi connectivity index (χ2n) is 10.9. The lowest BCUT2D eigenvalue weighted by Crippen LogP contribution is -2.50. The van der Waals surface area contributed by atoms with Crippen LogP contribution in [0.1, 0.15) is 31.7 Å². The van der Waals surface area contributed by atoms with E-state index in [0.29, 0.717) is 28.8 Å². The van der Waals surface area contributed by atoms with Crippen LogP contribution in [-0.4, -0.2) is 27.4 Å². The van der Waals surface area contributed by atoms with E-state index in [0.717, 1.165) is 16.5 Å². The summed E-state index contributed by atoms with van der Waals surface area (Å²) in [6, 6.07) is 18.1. The maximum Gasteiger partial charge on any atom is 0.266 e. The Morgan fingerprint density at radius 3 is 2.54 bits per heavy atom. The second-order valence-corrected chi connectivity index (χ2v) is 11.3. The van der Waals surface area contributed by atoms with Crippen LogP contribution in [0.2, 0.25) is 5.02 Å². The molecule has 3 aliphatic rings. The van der Waals surface area contributed by atoms with Crippen LogP contribution in [0.15, 0.2) is 71.5 Å². The third kappa shape index (κ3) is 3.13. The summed E-state index contributed by atoms with van der Waals surface area (Å²) < 4.78 is 15.6. The number of rotatable bonds is 3. The van der Waals surface area contributed by atoms with Gasteiger partial charge in [0.05, 0.1) is 39.1 Å². The summed E-state index contributed by atoms with van der Waals surface area (Å²) in [6.07, 6.45) is 0.625. The monoisotopic (exact) mass is 542 g/mol. The maximum atomic E-state index is 14.4. The Kier molecular flexibility index (Phi) is 5.15. The summed E-state index contributed by atoms with van der Waals surface area (Å²) in [5.74, 6) is -2.41. The normalized spacial score (nSPS) is 25.2. The molecule has 3 aliphatic heterocycles. The molecule has 196 valence electrons. The molecule has 1 aromatic heterocycles. The summed E-state index contributed by atoms with van der Waals surface area (Å²) in [6.45, 7) is 4.13. The van der Waals surface area contributed by atoms with Gasteiger partial charge in [0.15, 0.2) is 0 Å². The largest absolute Gasteiger partial charge is 0.297 e. The fourth-order valence-corrected chi connectivity index (χ4v) is 6.98. The molecule has 7 rings (SSSR count). The first-order chi connectivity index (χ1) is 18.7. The van der Waals surface area contributed by atoms with Crippen LogP contribution in [0, 0.1) is 23.6 Å². The molecule has 4 heterocycles. The minimum atomic E-state index is -1.21. The molecule has 9 heteroatoms. The summed E-state index contributed by atoms with van der Waals surface area (Å²) in [5, 5.41) is 3.98. The Balaban J connectivity index is 1.51. The van der Waals surface area contributed by atoms with Gasteiger partial charge in [-0.2, -0.15) is 0 Å². The first-order valence-corrected chi connectivity index (χ1v) is 13.3. The van der Waals surface area contributed by atoms with Gasteiger partial charge < -0.3 is 0 Å². The Hall–Kier alpha value is -3.88. The number of carbonyl (C=O) groups excluding carboxylic acids is 2. The van der Waals surface area contributed by atoms with Crippen molar-refractivity contribution >= 4 is 40.0 Å². The van der Waals surface area contributed by atoms with Crippen molar-refractivity contribution in [3.63, 3.8) is 0 Å². The molecule has 0 radical (unpaired) electrons. The van der Waals surface area contributed by atoms with Crippen molar-refractivity contribution in [1.82, 2.24) is 14.9 Å². The van der Waals surface area contributed by atoms with Gasteiger partial charge in [0.25, 0.3) is 5.56 Å². The van der Waals surface area contributed by atoms with Crippen molar-refractivity contribution in [1.29, 1.82) is 0 Å². The minimum absolute atomic E-state index is 0.173. The van der Waals surface area contributed by atoms with E-state index in [1.807, 2.05) is 30.3 Å². The Morgan fingerprint density at radius 1 is 1.03 bits per heavy atom. The standard InChI is InChI=1S/C30H24ClFN4O3/c1-15(2)13-22-24-25(28(39)35(27(24)38)16-11-12-20(32)19(31)14-16)30(34-22)18-8-4-6-10-23(18)36-26(37)17-7-3-5-9-21(17)33-29(30)36/h3-12,14-15,22,24-25,34H,13H2,1-2H3. The predicted molar refractivity (Wildman–Crippen MR) is 145 cm³/mol. The fraction of sp³-hybridized carbons (Fsp3) is 0.267. The van der Waals surface area contributed by atoms with Crippen LogP contribution in [-0.2, 0) is 15.1 Å². The molecule has 0 saturated carbocycles. The molecular weight excluding hydrogens is 519 g/mol. The third-order valence-corrected chi connectivity index (χ3v) is 8.54. The van der Waals surface area contributed by atoms with Crippen molar-refractivity contribution in [3.8, 4) is 5.69 Å². The fourth-order valence-electron chi connectivity index (χ4n) is 6.81. The molecule has 3 aromatic carbocycles. The highest BCUT2D eigenvalue weighted by Gasteiger charge is 2.69. The average molecular weight is 543 g/mol. The maximum absolute atomic E-state index is 14.4. The van der Waals surface area contributed by atoms with E-state index < -0.39 is 29.1 Å². The van der Waals surface area contributed by atoms with E-state index in [1.165, 1.54) is 12.1 Å². The molecule has 2 fully saturated rings. The van der Waals surface area contributed by atoms with Crippen LogP contribution in [0.25, 0.3) is 16.6 Å².